The summed E-state index contributed by atoms with van der Waals surface area (Å²) in [7, 11) is 0. The van der Waals surface area contributed by atoms with Gasteiger partial charge >= 0.3 is 0 Å². The molecule has 0 radical (unpaired) electrons. The average molecular weight is 218 g/mol. The van der Waals surface area contributed by atoms with Gasteiger partial charge in [0.1, 0.15) is 0 Å². The SMILES string of the molecule is C=C(CC)Nc1cc(CN)ccc1CCC. The topological polar surface area (TPSA) is 38.0 Å². The summed E-state index contributed by atoms with van der Waals surface area (Å²) in [5.41, 5.74) is 10.4. The molecule has 0 spiro atoms. The lowest BCUT2D eigenvalue weighted by Gasteiger charge is -2.14. The van der Waals surface area contributed by atoms with Gasteiger partial charge in [-0.3, -0.25) is 0 Å². The van der Waals surface area contributed by atoms with E-state index in [0.717, 1.165) is 36.2 Å². The standard InChI is InChI=1S/C14H22N2/c1-4-6-13-8-7-12(10-15)9-14(13)16-11(3)5-2/h7-9,16H,3-6,10,15H2,1-2H3. The van der Waals surface area contributed by atoms with E-state index >= 15 is 0 Å². The summed E-state index contributed by atoms with van der Waals surface area (Å²) >= 11 is 0. The lowest BCUT2D eigenvalue weighted by molar-refractivity contribution is 0.918. The predicted molar refractivity (Wildman–Crippen MR) is 71.4 cm³/mol. The molecule has 0 unspecified atom stereocenters. The van der Waals surface area contributed by atoms with E-state index in [1.54, 1.807) is 0 Å². The van der Waals surface area contributed by atoms with Crippen LogP contribution < -0.4 is 11.1 Å². The molecule has 2 heteroatoms. The maximum Gasteiger partial charge on any atom is 0.0417 e. The molecule has 0 heterocycles. The van der Waals surface area contributed by atoms with Crippen molar-refractivity contribution in [3.8, 4) is 0 Å². The molecule has 1 rings (SSSR count). The van der Waals surface area contributed by atoms with Crippen molar-refractivity contribution in [3.63, 3.8) is 0 Å². The van der Waals surface area contributed by atoms with Gasteiger partial charge in [-0.05, 0) is 30.0 Å². The molecule has 0 aliphatic rings. The van der Waals surface area contributed by atoms with Crippen molar-refractivity contribution in [2.24, 2.45) is 5.73 Å². The molecular weight excluding hydrogens is 196 g/mol. The maximum absolute atomic E-state index is 5.66. The van der Waals surface area contributed by atoms with E-state index in [2.05, 4.69) is 43.9 Å². The van der Waals surface area contributed by atoms with Gasteiger partial charge in [-0.2, -0.15) is 0 Å². The van der Waals surface area contributed by atoms with Crippen LogP contribution in [0.25, 0.3) is 0 Å². The second kappa shape index (κ2) is 6.33. The molecule has 0 fully saturated rings. The molecule has 0 aliphatic carbocycles. The van der Waals surface area contributed by atoms with Gasteiger partial charge in [0.2, 0.25) is 0 Å². The quantitative estimate of drug-likeness (QED) is 0.767. The Morgan fingerprint density at radius 3 is 2.69 bits per heavy atom. The molecule has 0 saturated carbocycles. The summed E-state index contributed by atoms with van der Waals surface area (Å²) < 4.78 is 0. The van der Waals surface area contributed by atoms with Crippen molar-refractivity contribution in [2.75, 3.05) is 5.32 Å². The fourth-order valence-corrected chi connectivity index (χ4v) is 1.63. The number of nitrogens with one attached hydrogen (secondary N) is 1. The number of rotatable bonds is 6. The molecule has 88 valence electrons. The molecule has 0 aromatic heterocycles. The van der Waals surface area contributed by atoms with Gasteiger partial charge in [-0.25, -0.2) is 0 Å². The first-order chi connectivity index (χ1) is 7.71. The molecule has 2 nitrogen and oxygen atoms in total. The van der Waals surface area contributed by atoms with Gasteiger partial charge < -0.3 is 11.1 Å². The normalized spacial score (nSPS) is 10.2. The molecule has 3 N–H and O–H groups in total. The summed E-state index contributed by atoms with van der Waals surface area (Å²) in [5.74, 6) is 0. The third kappa shape index (κ3) is 3.38. The molecule has 0 saturated heterocycles. The van der Waals surface area contributed by atoms with Crippen LogP contribution in [-0.2, 0) is 13.0 Å². The Labute approximate surface area is 98.6 Å². The Kier molecular flexibility index (Phi) is 5.06. The minimum atomic E-state index is 0.583. The molecular formula is C14H22N2. The summed E-state index contributed by atoms with van der Waals surface area (Å²) in [5, 5.41) is 3.37. The second-order valence-electron chi connectivity index (χ2n) is 4.03. The van der Waals surface area contributed by atoms with Gasteiger partial charge in [0.05, 0.1) is 0 Å². The van der Waals surface area contributed by atoms with Gasteiger partial charge in [-0.1, -0.05) is 39.0 Å². The Bertz CT molecular complexity index is 356. The van der Waals surface area contributed by atoms with Crippen molar-refractivity contribution in [1.82, 2.24) is 0 Å². The molecule has 0 bridgehead atoms. The third-order valence-electron chi connectivity index (χ3n) is 2.67. The van der Waals surface area contributed by atoms with Crippen molar-refractivity contribution in [1.29, 1.82) is 0 Å². The van der Waals surface area contributed by atoms with Crippen LogP contribution in [0, 0.1) is 0 Å². The molecule has 0 aliphatic heterocycles. The number of hydrogen-bond acceptors (Lipinski definition) is 2. The third-order valence-corrected chi connectivity index (χ3v) is 2.67. The summed E-state index contributed by atoms with van der Waals surface area (Å²) in [6, 6.07) is 6.40. The van der Waals surface area contributed by atoms with Crippen LogP contribution in [0.1, 0.15) is 37.8 Å². The van der Waals surface area contributed by atoms with Crippen LogP contribution in [0.15, 0.2) is 30.5 Å². The minimum Gasteiger partial charge on any atom is -0.359 e. The lowest BCUT2D eigenvalue weighted by atomic mass is 10.0. The smallest absolute Gasteiger partial charge is 0.0417 e. The zero-order valence-corrected chi connectivity index (χ0v) is 10.3. The first-order valence-corrected chi connectivity index (χ1v) is 5.97. The van der Waals surface area contributed by atoms with Gasteiger partial charge in [0, 0.05) is 17.9 Å². The van der Waals surface area contributed by atoms with Gasteiger partial charge in [0.15, 0.2) is 0 Å². The largest absolute Gasteiger partial charge is 0.359 e. The van der Waals surface area contributed by atoms with Crippen LogP contribution in [0.2, 0.25) is 0 Å². The monoisotopic (exact) mass is 218 g/mol. The lowest BCUT2D eigenvalue weighted by Crippen LogP contribution is -2.03. The number of aryl methyl sites for hydroxylation is 1. The van der Waals surface area contributed by atoms with E-state index in [0.29, 0.717) is 6.54 Å². The highest BCUT2D eigenvalue weighted by Gasteiger charge is 2.03. The highest BCUT2D eigenvalue weighted by molar-refractivity contribution is 5.56. The Morgan fingerprint density at radius 1 is 1.38 bits per heavy atom. The maximum atomic E-state index is 5.66. The van der Waals surface area contributed by atoms with Crippen LogP contribution in [-0.4, -0.2) is 0 Å². The Balaban J connectivity index is 2.95. The fourth-order valence-electron chi connectivity index (χ4n) is 1.63. The van der Waals surface area contributed by atoms with Gasteiger partial charge in [-0.15, -0.1) is 0 Å². The number of allylic oxidation sites excluding steroid dienone is 1. The van der Waals surface area contributed by atoms with E-state index in [1.807, 2.05) is 0 Å². The van der Waals surface area contributed by atoms with Crippen LogP contribution in [0.3, 0.4) is 0 Å². The van der Waals surface area contributed by atoms with E-state index in [-0.39, 0.29) is 0 Å². The fraction of sp³-hybridized carbons (Fsp3) is 0.429. The molecule has 1 aromatic rings. The first kappa shape index (κ1) is 12.8. The van der Waals surface area contributed by atoms with E-state index in [4.69, 9.17) is 5.73 Å². The molecule has 0 atom stereocenters. The number of hydrogen-bond donors (Lipinski definition) is 2. The Morgan fingerprint density at radius 2 is 2.12 bits per heavy atom. The van der Waals surface area contributed by atoms with Crippen molar-refractivity contribution in [2.45, 2.75) is 39.7 Å². The summed E-state index contributed by atoms with van der Waals surface area (Å²) in [6.07, 6.45) is 3.18. The zero-order valence-electron chi connectivity index (χ0n) is 10.3. The number of benzene rings is 1. The van der Waals surface area contributed by atoms with E-state index in [1.165, 1.54) is 5.56 Å². The predicted octanol–water partition coefficient (Wildman–Crippen LogP) is 3.43. The van der Waals surface area contributed by atoms with Crippen LogP contribution in [0.5, 0.6) is 0 Å². The van der Waals surface area contributed by atoms with Crippen molar-refractivity contribution in [3.05, 3.63) is 41.6 Å². The first-order valence-electron chi connectivity index (χ1n) is 5.97. The highest BCUT2D eigenvalue weighted by Crippen LogP contribution is 2.21. The molecule has 16 heavy (non-hydrogen) atoms. The van der Waals surface area contributed by atoms with E-state index in [9.17, 15) is 0 Å². The van der Waals surface area contributed by atoms with Gasteiger partial charge in [0.25, 0.3) is 0 Å². The summed E-state index contributed by atoms with van der Waals surface area (Å²) in [4.78, 5) is 0. The van der Waals surface area contributed by atoms with Crippen molar-refractivity contribution < 1.29 is 0 Å². The Hall–Kier alpha value is -1.28. The zero-order chi connectivity index (χ0) is 12.0. The second-order valence-corrected chi connectivity index (χ2v) is 4.03. The van der Waals surface area contributed by atoms with Crippen LogP contribution >= 0.6 is 0 Å². The van der Waals surface area contributed by atoms with Crippen LogP contribution in [0.4, 0.5) is 5.69 Å². The average Bonchev–Trinajstić information content (AvgIpc) is 2.31. The molecule has 1 aromatic carbocycles. The summed E-state index contributed by atoms with van der Waals surface area (Å²) in [6.45, 7) is 8.85. The van der Waals surface area contributed by atoms with Crippen molar-refractivity contribution >= 4 is 5.69 Å². The van der Waals surface area contributed by atoms with E-state index < -0.39 is 0 Å². The number of anilines is 1. The molecule has 0 amide bonds. The minimum absolute atomic E-state index is 0.583. The highest BCUT2D eigenvalue weighted by atomic mass is 14.9. The number of nitrogens with two attached hydrogens (primary N) is 1.